The van der Waals surface area contributed by atoms with Crippen molar-refractivity contribution in [3.63, 3.8) is 0 Å². The van der Waals surface area contributed by atoms with Crippen molar-refractivity contribution in [2.45, 2.75) is 12.8 Å². The molecular weight excluding hydrogens is 885 g/mol. The fourth-order valence-corrected chi connectivity index (χ4v) is 10.1. The van der Waals surface area contributed by atoms with Crippen LogP contribution in [0.5, 0.6) is 0 Å². The molecule has 1 heterocycles. The van der Waals surface area contributed by atoms with E-state index in [-0.39, 0.29) is 0 Å². The SMILES string of the molecule is CC1C=CC=C[C@H]1c1ccc(N(c2ccc(-c3ccccc3)cc2)c2ccc(-c3nc4ccccc4nc3-c3ccc(N(c4ccc(-c5ccccc5)cc4)c4ccc(-c5ccccc5)cc4)cc3)cc2)cc1. The van der Waals surface area contributed by atoms with Gasteiger partial charge in [-0.3, -0.25) is 0 Å². The molecule has 2 atom stereocenters. The summed E-state index contributed by atoms with van der Waals surface area (Å²) in [5.41, 5.74) is 20.1. The molecule has 1 aliphatic carbocycles. The standard InChI is InChI=1S/C69H52N4/c1-49-15-11-12-22-65(49)56-31-43-62(44-32-56)73(61-41-29-55(30-42-61)52-20-9-4-10-21-52)64-47-35-58(36-48-64)69-68(70-66-23-13-14-24-67(66)71-69)57-33-45-63(46-34-57)72(59-37-25-53(26-38-59)50-16-5-2-6-17-50)60-39-27-54(28-40-60)51-18-7-3-8-19-51/h2-49,65H,1H3/t49?,65-/m1/s1. The van der Waals surface area contributed by atoms with Crippen molar-refractivity contribution >= 4 is 45.2 Å². The number of rotatable bonds is 12. The smallest absolute Gasteiger partial charge is 0.0973 e. The number of aromatic nitrogens is 2. The molecule has 73 heavy (non-hydrogen) atoms. The Balaban J connectivity index is 0.903. The molecule has 0 amide bonds. The zero-order valence-corrected chi connectivity index (χ0v) is 40.6. The summed E-state index contributed by atoms with van der Waals surface area (Å²) < 4.78 is 0. The fraction of sp³-hybridized carbons (Fsp3) is 0.0435. The highest BCUT2D eigenvalue weighted by molar-refractivity contribution is 5.89. The molecule has 0 radical (unpaired) electrons. The molecule has 348 valence electrons. The van der Waals surface area contributed by atoms with Gasteiger partial charge in [0.1, 0.15) is 0 Å². The Hall–Kier alpha value is -9.38. The van der Waals surface area contributed by atoms with Gasteiger partial charge in [0.05, 0.1) is 22.4 Å². The third-order valence-electron chi connectivity index (χ3n) is 14.0. The summed E-state index contributed by atoms with van der Waals surface area (Å²) in [5, 5.41) is 0. The molecule has 11 aromatic rings. The van der Waals surface area contributed by atoms with E-state index in [9.17, 15) is 0 Å². The second-order valence-corrected chi connectivity index (χ2v) is 18.7. The fourth-order valence-electron chi connectivity index (χ4n) is 10.1. The summed E-state index contributed by atoms with van der Waals surface area (Å²) in [7, 11) is 0. The quantitative estimate of drug-likeness (QED) is 0.122. The second-order valence-electron chi connectivity index (χ2n) is 18.7. The van der Waals surface area contributed by atoms with Crippen molar-refractivity contribution in [3.8, 4) is 55.9 Å². The lowest BCUT2D eigenvalue weighted by atomic mass is 9.84. The molecule has 0 spiro atoms. The molecule has 0 saturated carbocycles. The highest BCUT2D eigenvalue weighted by Gasteiger charge is 2.21. The van der Waals surface area contributed by atoms with Crippen LogP contribution in [0.1, 0.15) is 18.4 Å². The summed E-state index contributed by atoms with van der Waals surface area (Å²) in [6.07, 6.45) is 8.91. The molecule has 0 N–H and O–H groups in total. The maximum atomic E-state index is 5.33. The summed E-state index contributed by atoms with van der Waals surface area (Å²) >= 11 is 0. The largest absolute Gasteiger partial charge is 0.311 e. The van der Waals surface area contributed by atoms with E-state index in [0.717, 1.165) is 67.7 Å². The monoisotopic (exact) mass is 936 g/mol. The molecule has 0 aliphatic heterocycles. The van der Waals surface area contributed by atoms with Gasteiger partial charge in [0.15, 0.2) is 0 Å². The van der Waals surface area contributed by atoms with Gasteiger partial charge in [0, 0.05) is 51.2 Å². The van der Waals surface area contributed by atoms with Gasteiger partial charge in [-0.25, -0.2) is 9.97 Å². The minimum absolute atomic E-state index is 0.347. The van der Waals surface area contributed by atoms with Crippen LogP contribution in [0.25, 0.3) is 66.9 Å². The molecule has 10 aromatic carbocycles. The molecule has 0 fully saturated rings. The normalized spacial score (nSPS) is 14.0. The minimum atomic E-state index is 0.347. The number of para-hydroxylation sites is 2. The van der Waals surface area contributed by atoms with Gasteiger partial charge in [-0.2, -0.15) is 0 Å². The molecule has 0 saturated heterocycles. The van der Waals surface area contributed by atoms with E-state index in [1.165, 1.54) is 38.9 Å². The van der Waals surface area contributed by atoms with Gasteiger partial charge in [-0.05, 0) is 130 Å². The Bertz CT molecular complexity index is 3600. The van der Waals surface area contributed by atoms with Crippen molar-refractivity contribution in [2.24, 2.45) is 5.92 Å². The maximum absolute atomic E-state index is 5.33. The van der Waals surface area contributed by atoms with Gasteiger partial charge in [0.25, 0.3) is 0 Å². The average molecular weight is 937 g/mol. The second kappa shape index (κ2) is 20.2. The first-order chi connectivity index (χ1) is 36.1. The predicted molar refractivity (Wildman–Crippen MR) is 306 cm³/mol. The zero-order valence-electron chi connectivity index (χ0n) is 40.6. The van der Waals surface area contributed by atoms with Crippen LogP contribution in [0.2, 0.25) is 0 Å². The molecule has 1 aromatic heterocycles. The van der Waals surface area contributed by atoms with Crippen LogP contribution in [-0.2, 0) is 0 Å². The Labute approximate surface area is 428 Å². The van der Waals surface area contributed by atoms with Crippen LogP contribution in [0.4, 0.5) is 34.1 Å². The van der Waals surface area contributed by atoms with Crippen LogP contribution in [0.15, 0.2) is 285 Å². The van der Waals surface area contributed by atoms with Gasteiger partial charge < -0.3 is 9.80 Å². The summed E-state index contributed by atoms with van der Waals surface area (Å²) in [5.74, 6) is 0.784. The lowest BCUT2D eigenvalue weighted by Crippen LogP contribution is -2.11. The van der Waals surface area contributed by atoms with Crippen LogP contribution in [0.3, 0.4) is 0 Å². The lowest BCUT2D eigenvalue weighted by molar-refractivity contribution is 0.635. The number of hydrogen-bond donors (Lipinski definition) is 0. The maximum Gasteiger partial charge on any atom is 0.0973 e. The van der Waals surface area contributed by atoms with Crippen LogP contribution < -0.4 is 9.80 Å². The molecule has 1 aliphatic rings. The summed E-state index contributed by atoms with van der Waals surface area (Å²) in [6.45, 7) is 2.29. The first kappa shape index (κ1) is 44.8. The number of nitrogens with zero attached hydrogens (tertiary/aromatic N) is 4. The first-order valence-electron chi connectivity index (χ1n) is 25.1. The summed E-state index contributed by atoms with van der Waals surface area (Å²) in [4.78, 5) is 15.3. The van der Waals surface area contributed by atoms with Crippen LogP contribution in [0, 0.1) is 5.92 Å². The van der Waals surface area contributed by atoms with Crippen molar-refractivity contribution < 1.29 is 0 Å². The van der Waals surface area contributed by atoms with Crippen molar-refractivity contribution in [1.29, 1.82) is 0 Å². The van der Waals surface area contributed by atoms with Crippen LogP contribution >= 0.6 is 0 Å². The Morgan fingerprint density at radius 1 is 0.274 bits per heavy atom. The molecule has 4 nitrogen and oxygen atoms in total. The van der Waals surface area contributed by atoms with E-state index in [1.54, 1.807) is 0 Å². The Kier molecular flexibility index (Phi) is 12.4. The van der Waals surface area contributed by atoms with E-state index in [1.807, 2.05) is 24.3 Å². The van der Waals surface area contributed by atoms with Gasteiger partial charge in [0.2, 0.25) is 0 Å². The van der Waals surface area contributed by atoms with E-state index >= 15 is 0 Å². The van der Waals surface area contributed by atoms with E-state index in [2.05, 4.69) is 278 Å². The highest BCUT2D eigenvalue weighted by Crippen LogP contribution is 2.42. The molecule has 1 unspecified atom stereocenters. The van der Waals surface area contributed by atoms with E-state index in [4.69, 9.17) is 9.97 Å². The Morgan fingerprint density at radius 3 is 0.877 bits per heavy atom. The minimum Gasteiger partial charge on any atom is -0.311 e. The third-order valence-corrected chi connectivity index (χ3v) is 14.0. The molecule has 0 bridgehead atoms. The van der Waals surface area contributed by atoms with Gasteiger partial charge in [-0.1, -0.05) is 207 Å². The summed E-state index contributed by atoms with van der Waals surface area (Å²) in [6, 6.07) is 92.9. The number of fused-ring (bicyclic) bond motifs is 1. The third kappa shape index (κ3) is 9.38. The zero-order chi connectivity index (χ0) is 48.9. The predicted octanol–water partition coefficient (Wildman–Crippen LogP) is 18.8. The average Bonchev–Trinajstić information content (AvgIpc) is 3.47. The van der Waals surface area contributed by atoms with E-state index in [0.29, 0.717) is 11.8 Å². The van der Waals surface area contributed by atoms with Crippen molar-refractivity contribution in [3.05, 3.63) is 291 Å². The highest BCUT2D eigenvalue weighted by atomic mass is 15.1. The molecular formula is C69H52N4. The van der Waals surface area contributed by atoms with Crippen molar-refractivity contribution in [2.75, 3.05) is 9.80 Å². The molecule has 4 heteroatoms. The van der Waals surface area contributed by atoms with E-state index < -0.39 is 0 Å². The number of hydrogen-bond acceptors (Lipinski definition) is 4. The Morgan fingerprint density at radius 2 is 0.548 bits per heavy atom. The lowest BCUT2D eigenvalue weighted by Gasteiger charge is -2.27. The first-order valence-corrected chi connectivity index (χ1v) is 25.1. The number of allylic oxidation sites excluding steroid dienone is 4. The number of anilines is 6. The molecule has 12 rings (SSSR count). The topological polar surface area (TPSA) is 32.3 Å². The van der Waals surface area contributed by atoms with Crippen LogP contribution in [-0.4, -0.2) is 9.97 Å². The van der Waals surface area contributed by atoms with Gasteiger partial charge >= 0.3 is 0 Å². The number of benzene rings is 10. The van der Waals surface area contributed by atoms with Crippen molar-refractivity contribution in [1.82, 2.24) is 9.97 Å². The van der Waals surface area contributed by atoms with Gasteiger partial charge in [-0.15, -0.1) is 0 Å².